The van der Waals surface area contributed by atoms with Gasteiger partial charge in [0, 0.05) is 18.7 Å². The molecule has 0 aromatic heterocycles. The number of nitrogens with zero attached hydrogens (tertiary/aromatic N) is 1. The molecule has 2 amide bonds. The number of anilines is 1. The molecule has 1 heterocycles. The minimum atomic E-state index is -0.489. The fourth-order valence-electron chi connectivity index (χ4n) is 3.37. The highest BCUT2D eigenvalue weighted by Gasteiger charge is 2.34. The van der Waals surface area contributed by atoms with Gasteiger partial charge in [-0.3, -0.25) is 9.59 Å². The summed E-state index contributed by atoms with van der Waals surface area (Å²) in [5, 5.41) is 2.92. The van der Waals surface area contributed by atoms with Crippen LogP contribution in [0.25, 0.3) is 0 Å². The van der Waals surface area contributed by atoms with E-state index in [2.05, 4.69) is 5.32 Å². The Labute approximate surface area is 159 Å². The summed E-state index contributed by atoms with van der Waals surface area (Å²) in [6.45, 7) is 2.95. The van der Waals surface area contributed by atoms with Crippen LogP contribution in [0.5, 0.6) is 5.75 Å². The minimum Gasteiger partial charge on any atom is -0.495 e. The van der Waals surface area contributed by atoms with Crippen molar-refractivity contribution in [2.24, 2.45) is 5.73 Å². The van der Waals surface area contributed by atoms with Gasteiger partial charge in [-0.05, 0) is 55.2 Å². The van der Waals surface area contributed by atoms with Crippen LogP contribution < -0.4 is 15.8 Å². The summed E-state index contributed by atoms with van der Waals surface area (Å²) in [5.74, 6) is 0.276. The molecule has 1 unspecified atom stereocenters. The lowest BCUT2D eigenvalue weighted by atomic mass is 10.1. The molecule has 1 atom stereocenters. The Kier molecular flexibility index (Phi) is 5.76. The maximum absolute atomic E-state index is 12.9. The van der Waals surface area contributed by atoms with Crippen LogP contribution in [0.2, 0.25) is 0 Å². The number of carbonyl (C=O) groups excluding carboxylic acids is 2. The number of amides is 2. The van der Waals surface area contributed by atoms with Gasteiger partial charge in [0.2, 0.25) is 5.91 Å². The van der Waals surface area contributed by atoms with Crippen LogP contribution in [-0.2, 0) is 11.3 Å². The third-order valence-electron chi connectivity index (χ3n) is 4.87. The van der Waals surface area contributed by atoms with Crippen molar-refractivity contribution in [1.29, 1.82) is 0 Å². The lowest BCUT2D eigenvalue weighted by Gasteiger charge is -2.24. The second-order valence-corrected chi connectivity index (χ2v) is 6.75. The Bertz CT molecular complexity index is 833. The van der Waals surface area contributed by atoms with E-state index >= 15 is 0 Å². The number of hydrogen-bond acceptors (Lipinski definition) is 4. The minimum absolute atomic E-state index is 0.132. The summed E-state index contributed by atoms with van der Waals surface area (Å²) in [5.41, 5.74) is 8.78. The first-order valence-corrected chi connectivity index (χ1v) is 9.09. The molecule has 0 spiro atoms. The lowest BCUT2D eigenvalue weighted by molar-refractivity contribution is -0.119. The molecule has 3 N–H and O–H groups in total. The van der Waals surface area contributed by atoms with Crippen molar-refractivity contribution in [1.82, 2.24) is 4.90 Å². The highest BCUT2D eigenvalue weighted by atomic mass is 16.5. The van der Waals surface area contributed by atoms with Crippen molar-refractivity contribution in [3.63, 3.8) is 0 Å². The standard InChI is InChI=1S/C21H25N3O3/c1-14-5-10-19(27-2)17(12-14)23-20(25)18-4-3-11-24(18)21(26)16-8-6-15(13-22)7-9-16/h5-10,12,18H,3-4,11,13,22H2,1-2H3,(H,23,25). The molecule has 1 aliphatic heterocycles. The van der Waals surface area contributed by atoms with Crippen molar-refractivity contribution >= 4 is 17.5 Å². The number of rotatable bonds is 5. The molecule has 1 fully saturated rings. The van der Waals surface area contributed by atoms with E-state index in [9.17, 15) is 9.59 Å². The molecule has 0 saturated carbocycles. The number of hydrogen-bond donors (Lipinski definition) is 2. The summed E-state index contributed by atoms with van der Waals surface area (Å²) in [6.07, 6.45) is 1.45. The number of carbonyl (C=O) groups is 2. The largest absolute Gasteiger partial charge is 0.495 e. The molecular formula is C21H25N3O3. The van der Waals surface area contributed by atoms with Gasteiger partial charge in [-0.1, -0.05) is 18.2 Å². The maximum Gasteiger partial charge on any atom is 0.254 e. The maximum atomic E-state index is 12.9. The van der Waals surface area contributed by atoms with Crippen LogP contribution in [0.4, 0.5) is 5.69 Å². The fraction of sp³-hybridized carbons (Fsp3) is 0.333. The van der Waals surface area contributed by atoms with Gasteiger partial charge in [0.1, 0.15) is 11.8 Å². The highest BCUT2D eigenvalue weighted by molar-refractivity contribution is 6.02. The molecule has 2 aromatic carbocycles. The lowest BCUT2D eigenvalue weighted by Crippen LogP contribution is -2.43. The van der Waals surface area contributed by atoms with E-state index in [0.29, 0.717) is 36.5 Å². The van der Waals surface area contributed by atoms with Gasteiger partial charge in [0.25, 0.3) is 5.91 Å². The van der Waals surface area contributed by atoms with Crippen LogP contribution >= 0.6 is 0 Å². The molecule has 3 rings (SSSR count). The Balaban J connectivity index is 1.76. The Morgan fingerprint density at radius 3 is 2.63 bits per heavy atom. The van der Waals surface area contributed by atoms with E-state index in [1.807, 2.05) is 37.3 Å². The fourth-order valence-corrected chi connectivity index (χ4v) is 3.37. The molecule has 0 bridgehead atoms. The molecule has 2 aromatic rings. The first-order chi connectivity index (χ1) is 13.0. The molecule has 6 heteroatoms. The van der Waals surface area contributed by atoms with Gasteiger partial charge in [0.15, 0.2) is 0 Å². The van der Waals surface area contributed by atoms with Gasteiger partial charge in [-0.25, -0.2) is 0 Å². The van der Waals surface area contributed by atoms with Crippen LogP contribution in [-0.4, -0.2) is 36.4 Å². The average Bonchev–Trinajstić information content (AvgIpc) is 3.17. The Morgan fingerprint density at radius 2 is 1.96 bits per heavy atom. The van der Waals surface area contributed by atoms with E-state index in [4.69, 9.17) is 10.5 Å². The number of nitrogens with two attached hydrogens (primary N) is 1. The second kappa shape index (κ2) is 8.22. The summed E-state index contributed by atoms with van der Waals surface area (Å²) in [4.78, 5) is 27.4. The summed E-state index contributed by atoms with van der Waals surface area (Å²) in [7, 11) is 1.57. The first-order valence-electron chi connectivity index (χ1n) is 9.09. The Morgan fingerprint density at radius 1 is 1.22 bits per heavy atom. The predicted octanol–water partition coefficient (Wildman–Crippen LogP) is 2.71. The van der Waals surface area contributed by atoms with E-state index in [1.54, 1.807) is 24.1 Å². The zero-order chi connectivity index (χ0) is 19.4. The number of aryl methyl sites for hydroxylation is 1. The van der Waals surface area contributed by atoms with Crippen LogP contribution in [0.3, 0.4) is 0 Å². The molecule has 0 radical (unpaired) electrons. The van der Waals surface area contributed by atoms with E-state index in [0.717, 1.165) is 17.5 Å². The molecule has 1 aliphatic rings. The third kappa shape index (κ3) is 4.11. The third-order valence-corrected chi connectivity index (χ3v) is 4.87. The zero-order valence-electron chi connectivity index (χ0n) is 15.7. The smallest absolute Gasteiger partial charge is 0.254 e. The molecule has 142 valence electrons. The van der Waals surface area contributed by atoms with Gasteiger partial charge < -0.3 is 20.7 Å². The number of nitrogens with one attached hydrogen (secondary N) is 1. The number of methoxy groups -OCH3 is 1. The van der Waals surface area contributed by atoms with Crippen molar-refractivity contribution in [3.05, 3.63) is 59.2 Å². The van der Waals surface area contributed by atoms with Crippen molar-refractivity contribution in [2.45, 2.75) is 32.4 Å². The van der Waals surface area contributed by atoms with Crippen molar-refractivity contribution in [3.8, 4) is 5.75 Å². The SMILES string of the molecule is COc1ccc(C)cc1NC(=O)C1CCCN1C(=O)c1ccc(CN)cc1. The first kappa shape index (κ1) is 18.9. The van der Waals surface area contributed by atoms with E-state index in [-0.39, 0.29) is 11.8 Å². The van der Waals surface area contributed by atoms with Gasteiger partial charge in [0.05, 0.1) is 12.8 Å². The number of likely N-dealkylation sites (tertiary alicyclic amines) is 1. The number of ether oxygens (including phenoxy) is 1. The predicted molar refractivity (Wildman–Crippen MR) is 105 cm³/mol. The summed E-state index contributed by atoms with van der Waals surface area (Å²) < 4.78 is 5.32. The second-order valence-electron chi connectivity index (χ2n) is 6.75. The number of benzene rings is 2. The quantitative estimate of drug-likeness (QED) is 0.851. The van der Waals surface area contributed by atoms with Crippen molar-refractivity contribution in [2.75, 3.05) is 19.0 Å². The van der Waals surface area contributed by atoms with Gasteiger partial charge in [-0.15, -0.1) is 0 Å². The van der Waals surface area contributed by atoms with Crippen LogP contribution in [0.15, 0.2) is 42.5 Å². The zero-order valence-corrected chi connectivity index (χ0v) is 15.7. The molecular weight excluding hydrogens is 342 g/mol. The van der Waals surface area contributed by atoms with Crippen LogP contribution in [0.1, 0.15) is 34.3 Å². The van der Waals surface area contributed by atoms with E-state index in [1.165, 1.54) is 0 Å². The van der Waals surface area contributed by atoms with Gasteiger partial charge in [-0.2, -0.15) is 0 Å². The van der Waals surface area contributed by atoms with Crippen LogP contribution in [0, 0.1) is 6.92 Å². The van der Waals surface area contributed by atoms with E-state index < -0.39 is 6.04 Å². The summed E-state index contributed by atoms with van der Waals surface area (Å²) >= 11 is 0. The van der Waals surface area contributed by atoms with Gasteiger partial charge >= 0.3 is 0 Å². The van der Waals surface area contributed by atoms with Crippen molar-refractivity contribution < 1.29 is 14.3 Å². The monoisotopic (exact) mass is 367 g/mol. The highest BCUT2D eigenvalue weighted by Crippen LogP contribution is 2.27. The topological polar surface area (TPSA) is 84.7 Å². The normalized spacial score (nSPS) is 16.3. The summed E-state index contributed by atoms with van der Waals surface area (Å²) in [6, 6.07) is 12.3. The average molecular weight is 367 g/mol. The molecule has 1 saturated heterocycles. The molecule has 6 nitrogen and oxygen atoms in total. The molecule has 27 heavy (non-hydrogen) atoms. The Hall–Kier alpha value is -2.86. The molecule has 0 aliphatic carbocycles.